The number of aliphatic hydroxyl groups is 1. The van der Waals surface area contributed by atoms with Crippen LogP contribution in [-0.2, 0) is 11.3 Å². The number of hydrogen-bond donors (Lipinski definition) is 2. The third-order valence-corrected chi connectivity index (χ3v) is 4.12. The molecule has 1 amide bonds. The first-order chi connectivity index (χ1) is 10.2. The van der Waals surface area contributed by atoms with E-state index < -0.39 is 6.10 Å². The highest BCUT2D eigenvalue weighted by Crippen LogP contribution is 2.22. The first kappa shape index (κ1) is 17.1. The summed E-state index contributed by atoms with van der Waals surface area (Å²) in [4.78, 5) is 13.6. The molecule has 1 saturated heterocycles. The van der Waals surface area contributed by atoms with E-state index in [2.05, 4.69) is 5.32 Å². The van der Waals surface area contributed by atoms with Crippen LogP contribution in [0.1, 0.15) is 18.4 Å². The minimum absolute atomic E-state index is 0. The summed E-state index contributed by atoms with van der Waals surface area (Å²) < 4.78 is 5.30. The van der Waals surface area contributed by atoms with Crippen molar-refractivity contribution in [1.29, 1.82) is 0 Å². The van der Waals surface area contributed by atoms with Gasteiger partial charge in [-0.05, 0) is 18.4 Å². The lowest BCUT2D eigenvalue weighted by Gasteiger charge is -2.16. The largest absolute Gasteiger partial charge is 0.445 e. The molecule has 0 bridgehead atoms. The summed E-state index contributed by atoms with van der Waals surface area (Å²) in [5, 5.41) is 13.4. The van der Waals surface area contributed by atoms with E-state index in [-0.39, 0.29) is 31.0 Å². The van der Waals surface area contributed by atoms with Crippen LogP contribution in [0.3, 0.4) is 0 Å². The van der Waals surface area contributed by atoms with Gasteiger partial charge in [-0.2, -0.15) is 0 Å². The van der Waals surface area contributed by atoms with Crippen molar-refractivity contribution >= 4 is 18.5 Å². The zero-order valence-electron chi connectivity index (χ0n) is 12.5. The van der Waals surface area contributed by atoms with Crippen molar-refractivity contribution in [3.63, 3.8) is 0 Å². The maximum Gasteiger partial charge on any atom is 0.410 e. The van der Waals surface area contributed by atoms with Crippen molar-refractivity contribution < 1.29 is 14.6 Å². The van der Waals surface area contributed by atoms with Gasteiger partial charge in [-0.3, -0.25) is 0 Å². The van der Waals surface area contributed by atoms with E-state index in [9.17, 15) is 9.90 Å². The van der Waals surface area contributed by atoms with Gasteiger partial charge in [0.1, 0.15) is 6.61 Å². The summed E-state index contributed by atoms with van der Waals surface area (Å²) in [5.74, 6) is 0.106. The first-order valence-electron chi connectivity index (χ1n) is 7.59. The normalized spacial score (nSPS) is 24.0. The van der Waals surface area contributed by atoms with Crippen LogP contribution in [0.15, 0.2) is 30.3 Å². The number of hydrogen-bond acceptors (Lipinski definition) is 4. The predicted molar refractivity (Wildman–Crippen MR) is 86.0 cm³/mol. The Labute approximate surface area is 137 Å². The second kappa shape index (κ2) is 7.81. The van der Waals surface area contributed by atoms with Gasteiger partial charge in [-0.25, -0.2) is 4.79 Å². The number of ether oxygens (including phenoxy) is 1. The fourth-order valence-electron chi connectivity index (χ4n) is 2.62. The number of nitrogens with zero attached hydrogens (tertiary/aromatic N) is 1. The molecule has 0 radical (unpaired) electrons. The SMILES string of the molecule is Cl.O=C(OCc1ccccc1)N1C[C@H](CNC2CC2)[C@H](O)C1. The van der Waals surface area contributed by atoms with Crippen LogP contribution in [0.5, 0.6) is 0 Å². The molecular weight excluding hydrogens is 304 g/mol. The van der Waals surface area contributed by atoms with Crippen LogP contribution in [0.4, 0.5) is 4.79 Å². The molecule has 1 aliphatic carbocycles. The van der Waals surface area contributed by atoms with E-state index >= 15 is 0 Å². The zero-order chi connectivity index (χ0) is 14.7. The van der Waals surface area contributed by atoms with Gasteiger partial charge in [-0.15, -0.1) is 12.4 Å². The van der Waals surface area contributed by atoms with Crippen molar-refractivity contribution in [2.45, 2.75) is 31.6 Å². The van der Waals surface area contributed by atoms with Crippen molar-refractivity contribution in [3.8, 4) is 0 Å². The molecular formula is C16H23ClN2O3. The molecule has 1 saturated carbocycles. The summed E-state index contributed by atoms with van der Waals surface area (Å²) in [6.45, 7) is 1.98. The molecule has 1 heterocycles. The number of halogens is 1. The summed E-state index contributed by atoms with van der Waals surface area (Å²) in [5.41, 5.74) is 0.970. The maximum absolute atomic E-state index is 12.0. The molecule has 3 rings (SSSR count). The lowest BCUT2D eigenvalue weighted by Crippen LogP contribution is -2.32. The number of carbonyl (C=O) groups excluding carboxylic acids is 1. The van der Waals surface area contributed by atoms with Gasteiger partial charge < -0.3 is 20.1 Å². The van der Waals surface area contributed by atoms with Gasteiger partial charge in [0.05, 0.1) is 12.6 Å². The van der Waals surface area contributed by atoms with Crippen molar-refractivity contribution in [1.82, 2.24) is 10.2 Å². The van der Waals surface area contributed by atoms with E-state index in [1.807, 2.05) is 30.3 Å². The summed E-state index contributed by atoms with van der Waals surface area (Å²) in [7, 11) is 0. The average Bonchev–Trinajstić information content (AvgIpc) is 3.26. The van der Waals surface area contributed by atoms with Gasteiger partial charge in [-0.1, -0.05) is 30.3 Å². The molecule has 122 valence electrons. The molecule has 22 heavy (non-hydrogen) atoms. The fraction of sp³-hybridized carbons (Fsp3) is 0.562. The third-order valence-electron chi connectivity index (χ3n) is 4.12. The molecule has 6 heteroatoms. The second-order valence-corrected chi connectivity index (χ2v) is 5.96. The average molecular weight is 327 g/mol. The van der Waals surface area contributed by atoms with Crippen LogP contribution in [0.2, 0.25) is 0 Å². The second-order valence-electron chi connectivity index (χ2n) is 5.96. The molecule has 2 N–H and O–H groups in total. The van der Waals surface area contributed by atoms with E-state index in [1.165, 1.54) is 12.8 Å². The molecule has 0 aromatic heterocycles. The molecule has 5 nitrogen and oxygen atoms in total. The maximum atomic E-state index is 12.0. The highest BCUT2D eigenvalue weighted by molar-refractivity contribution is 5.85. The van der Waals surface area contributed by atoms with E-state index in [4.69, 9.17) is 4.74 Å². The highest BCUT2D eigenvalue weighted by atomic mass is 35.5. The number of amides is 1. The minimum atomic E-state index is -0.458. The number of carbonyl (C=O) groups is 1. The lowest BCUT2D eigenvalue weighted by molar-refractivity contribution is 0.0967. The Balaban J connectivity index is 0.00000176. The molecule has 1 aliphatic heterocycles. The van der Waals surface area contributed by atoms with Crippen molar-refractivity contribution in [2.75, 3.05) is 19.6 Å². The Morgan fingerprint density at radius 3 is 2.68 bits per heavy atom. The van der Waals surface area contributed by atoms with Crippen LogP contribution in [0, 0.1) is 5.92 Å². The zero-order valence-corrected chi connectivity index (χ0v) is 13.3. The number of β-amino-alcohol motifs (C(OH)–C–C–N with tert-alkyl or cyclic N) is 1. The van der Waals surface area contributed by atoms with Crippen LogP contribution in [-0.4, -0.2) is 47.9 Å². The standard InChI is InChI=1S/C16H22N2O3.ClH/c19-15-10-18(9-13(15)8-17-14-6-7-14)16(20)21-11-12-4-2-1-3-5-12;/h1-5,13-15,17,19H,6-11H2;1H/t13-,15+;/m0./s1. The Morgan fingerprint density at radius 1 is 1.27 bits per heavy atom. The van der Waals surface area contributed by atoms with Gasteiger partial charge in [0.15, 0.2) is 0 Å². The quantitative estimate of drug-likeness (QED) is 0.866. The monoisotopic (exact) mass is 326 g/mol. The molecule has 2 fully saturated rings. The summed E-state index contributed by atoms with van der Waals surface area (Å²) in [6, 6.07) is 10.2. The van der Waals surface area contributed by atoms with Gasteiger partial charge >= 0.3 is 6.09 Å². The minimum Gasteiger partial charge on any atom is -0.445 e. The fourth-order valence-corrected chi connectivity index (χ4v) is 2.62. The Hall–Kier alpha value is -1.30. The number of nitrogens with one attached hydrogen (secondary N) is 1. The third kappa shape index (κ3) is 4.60. The Kier molecular flexibility index (Phi) is 6.06. The summed E-state index contributed by atoms with van der Waals surface area (Å²) in [6.07, 6.45) is 1.66. The summed E-state index contributed by atoms with van der Waals surface area (Å²) >= 11 is 0. The molecule has 1 aromatic rings. The van der Waals surface area contributed by atoms with E-state index in [1.54, 1.807) is 4.90 Å². The Bertz CT molecular complexity index is 482. The number of aliphatic hydroxyl groups excluding tert-OH is 1. The smallest absolute Gasteiger partial charge is 0.410 e. The molecule has 1 aromatic carbocycles. The van der Waals surface area contributed by atoms with E-state index in [0.717, 1.165) is 12.1 Å². The molecule has 2 atom stereocenters. The number of rotatable bonds is 5. The first-order valence-corrected chi connectivity index (χ1v) is 7.59. The van der Waals surface area contributed by atoms with Crippen LogP contribution >= 0.6 is 12.4 Å². The van der Waals surface area contributed by atoms with E-state index in [0.29, 0.717) is 19.1 Å². The Morgan fingerprint density at radius 2 is 2.00 bits per heavy atom. The van der Waals surface area contributed by atoms with Gasteiger partial charge in [0.25, 0.3) is 0 Å². The number of likely N-dealkylation sites (tertiary alicyclic amines) is 1. The topological polar surface area (TPSA) is 61.8 Å². The van der Waals surface area contributed by atoms with Crippen LogP contribution in [0.25, 0.3) is 0 Å². The highest BCUT2D eigenvalue weighted by Gasteiger charge is 2.35. The number of benzene rings is 1. The van der Waals surface area contributed by atoms with Crippen LogP contribution < -0.4 is 5.32 Å². The molecule has 0 unspecified atom stereocenters. The molecule has 2 aliphatic rings. The van der Waals surface area contributed by atoms with Gasteiger partial charge in [0.2, 0.25) is 0 Å². The predicted octanol–water partition coefficient (Wildman–Crippen LogP) is 1.79. The van der Waals surface area contributed by atoms with Gasteiger partial charge in [0, 0.05) is 25.0 Å². The lowest BCUT2D eigenvalue weighted by atomic mass is 10.1. The van der Waals surface area contributed by atoms with Crippen molar-refractivity contribution in [2.24, 2.45) is 5.92 Å². The molecule has 0 spiro atoms. The van der Waals surface area contributed by atoms with Crippen molar-refractivity contribution in [3.05, 3.63) is 35.9 Å².